The Kier molecular flexibility index (Phi) is 11.6. The standard InChI is InChI=1S/C21H36N4O10S/c1-30-19-17(11-26)35-21(31-2)20(18(19)27)33-7-9-36(28,29)8-5-22-4-3-6-25-10-15(23-24-25)12-34-16-13-32-14-16/h10-11,16-22,27H,3-9,12-14H2,1-2H3. The number of aliphatic hydroxyl groups excluding tert-OH is 1. The van der Waals surface area contributed by atoms with Crippen LogP contribution in [0.15, 0.2) is 6.20 Å². The van der Waals surface area contributed by atoms with Crippen LogP contribution >= 0.6 is 0 Å². The minimum Gasteiger partial charge on any atom is -0.387 e. The fraction of sp³-hybridized carbons (Fsp3) is 0.857. The monoisotopic (exact) mass is 536 g/mol. The molecule has 36 heavy (non-hydrogen) atoms. The molecule has 5 unspecified atom stereocenters. The second-order valence-corrected chi connectivity index (χ2v) is 10.9. The summed E-state index contributed by atoms with van der Waals surface area (Å²) >= 11 is 0. The van der Waals surface area contributed by atoms with Crippen molar-refractivity contribution in [3.63, 3.8) is 0 Å². The summed E-state index contributed by atoms with van der Waals surface area (Å²) in [7, 11) is -0.719. The highest BCUT2D eigenvalue weighted by atomic mass is 32.2. The quantitative estimate of drug-likeness (QED) is 0.164. The zero-order chi connectivity index (χ0) is 26.0. The van der Waals surface area contributed by atoms with Gasteiger partial charge in [0.05, 0.1) is 44.1 Å². The number of nitrogens with zero attached hydrogens (tertiary/aromatic N) is 3. The van der Waals surface area contributed by atoms with Crippen molar-refractivity contribution in [3.8, 4) is 0 Å². The molecule has 2 saturated heterocycles. The lowest BCUT2D eigenvalue weighted by atomic mass is 9.99. The summed E-state index contributed by atoms with van der Waals surface area (Å²) < 4.78 is 58.4. The van der Waals surface area contributed by atoms with Gasteiger partial charge < -0.3 is 43.6 Å². The van der Waals surface area contributed by atoms with Gasteiger partial charge in [0, 0.05) is 27.3 Å². The Labute approximate surface area is 210 Å². The molecular formula is C21H36N4O10S. The van der Waals surface area contributed by atoms with E-state index in [0.29, 0.717) is 45.7 Å². The van der Waals surface area contributed by atoms with E-state index in [0.717, 1.165) is 12.1 Å². The van der Waals surface area contributed by atoms with Gasteiger partial charge in [-0.2, -0.15) is 0 Å². The number of carbonyl (C=O) groups is 1. The molecule has 1 aromatic heterocycles. The molecule has 2 fully saturated rings. The molecule has 0 radical (unpaired) electrons. The number of carbonyl (C=O) groups excluding carboxylic acids is 1. The highest BCUT2D eigenvalue weighted by Crippen LogP contribution is 2.25. The summed E-state index contributed by atoms with van der Waals surface area (Å²) in [6, 6.07) is 0. The first-order valence-corrected chi connectivity index (χ1v) is 13.6. The largest absolute Gasteiger partial charge is 0.387 e. The van der Waals surface area contributed by atoms with Gasteiger partial charge in [-0.05, 0) is 13.0 Å². The highest BCUT2D eigenvalue weighted by molar-refractivity contribution is 7.91. The van der Waals surface area contributed by atoms with E-state index in [-0.39, 0.29) is 24.2 Å². The number of methoxy groups -OCH3 is 2. The Morgan fingerprint density at radius 2 is 2.00 bits per heavy atom. The predicted octanol–water partition coefficient (Wildman–Crippen LogP) is -2.08. The summed E-state index contributed by atoms with van der Waals surface area (Å²) in [6.45, 7) is 3.03. The van der Waals surface area contributed by atoms with Gasteiger partial charge in [-0.3, -0.25) is 4.68 Å². The topological polar surface area (TPSA) is 170 Å². The van der Waals surface area contributed by atoms with Gasteiger partial charge in [0.2, 0.25) is 0 Å². The van der Waals surface area contributed by atoms with Gasteiger partial charge >= 0.3 is 0 Å². The summed E-state index contributed by atoms with van der Waals surface area (Å²) in [5, 5.41) is 21.7. The van der Waals surface area contributed by atoms with E-state index < -0.39 is 40.5 Å². The normalized spacial score (nSPS) is 27.1. The smallest absolute Gasteiger partial charge is 0.187 e. The molecule has 2 N–H and O–H groups in total. The molecule has 3 rings (SSSR count). The summed E-state index contributed by atoms with van der Waals surface area (Å²) in [6.07, 6.45) is -1.97. The molecule has 1 aromatic rings. The predicted molar refractivity (Wildman–Crippen MR) is 124 cm³/mol. The van der Waals surface area contributed by atoms with E-state index in [1.165, 1.54) is 14.2 Å². The maximum atomic E-state index is 12.4. The average molecular weight is 537 g/mol. The van der Waals surface area contributed by atoms with Crippen molar-refractivity contribution in [2.24, 2.45) is 0 Å². The Balaban J connectivity index is 1.28. The zero-order valence-corrected chi connectivity index (χ0v) is 21.4. The van der Waals surface area contributed by atoms with Crippen molar-refractivity contribution in [2.75, 3.05) is 58.6 Å². The molecule has 0 amide bonds. The first kappa shape index (κ1) is 29.0. The van der Waals surface area contributed by atoms with Crippen LogP contribution in [-0.4, -0.2) is 130 Å². The van der Waals surface area contributed by atoms with Crippen molar-refractivity contribution < 1.29 is 46.7 Å². The molecule has 5 atom stereocenters. The minimum atomic E-state index is -3.39. The first-order chi connectivity index (χ1) is 17.4. The van der Waals surface area contributed by atoms with Crippen LogP contribution in [-0.2, 0) is 56.2 Å². The first-order valence-electron chi connectivity index (χ1n) is 11.8. The van der Waals surface area contributed by atoms with E-state index in [2.05, 4.69) is 15.6 Å². The lowest BCUT2D eigenvalue weighted by Gasteiger charge is -2.41. The lowest BCUT2D eigenvalue weighted by Crippen LogP contribution is -2.60. The number of aryl methyl sites for hydroxylation is 1. The Hall–Kier alpha value is -1.56. The third-order valence-corrected chi connectivity index (χ3v) is 7.51. The Morgan fingerprint density at radius 1 is 1.19 bits per heavy atom. The van der Waals surface area contributed by atoms with Gasteiger partial charge in [-0.1, -0.05) is 5.21 Å². The lowest BCUT2D eigenvalue weighted by molar-refractivity contribution is -0.293. The van der Waals surface area contributed by atoms with Crippen molar-refractivity contribution in [1.82, 2.24) is 20.3 Å². The number of nitrogens with one attached hydrogen (secondary N) is 1. The number of hydrogen-bond donors (Lipinski definition) is 2. The molecule has 206 valence electrons. The van der Waals surface area contributed by atoms with Crippen LogP contribution in [0.25, 0.3) is 0 Å². The van der Waals surface area contributed by atoms with Crippen LogP contribution in [0.1, 0.15) is 12.1 Å². The number of ether oxygens (including phenoxy) is 6. The van der Waals surface area contributed by atoms with Crippen LogP contribution in [0.3, 0.4) is 0 Å². The van der Waals surface area contributed by atoms with Crippen molar-refractivity contribution in [1.29, 1.82) is 0 Å². The summed E-state index contributed by atoms with van der Waals surface area (Å²) in [5.41, 5.74) is 0.758. The third kappa shape index (κ3) is 8.49. The molecule has 0 aromatic carbocycles. The fourth-order valence-corrected chi connectivity index (χ4v) is 4.77. The second kappa shape index (κ2) is 14.4. The number of aliphatic hydroxyl groups is 1. The molecule has 0 aliphatic carbocycles. The van der Waals surface area contributed by atoms with E-state index in [4.69, 9.17) is 28.4 Å². The Bertz CT molecular complexity index is 897. The third-order valence-electron chi connectivity index (χ3n) is 5.89. The van der Waals surface area contributed by atoms with Crippen LogP contribution in [0.4, 0.5) is 0 Å². The maximum absolute atomic E-state index is 12.4. The molecule has 15 heteroatoms. The zero-order valence-electron chi connectivity index (χ0n) is 20.6. The van der Waals surface area contributed by atoms with E-state index in [9.17, 15) is 18.3 Å². The number of rotatable bonds is 17. The van der Waals surface area contributed by atoms with E-state index in [1.54, 1.807) is 4.68 Å². The second-order valence-electron chi connectivity index (χ2n) is 8.57. The molecular weight excluding hydrogens is 500 g/mol. The summed E-state index contributed by atoms with van der Waals surface area (Å²) in [5.74, 6) is -0.294. The number of sulfone groups is 1. The average Bonchev–Trinajstić information content (AvgIpc) is 3.28. The fourth-order valence-electron chi connectivity index (χ4n) is 3.76. The number of aromatic nitrogens is 3. The van der Waals surface area contributed by atoms with Crippen molar-refractivity contribution >= 4 is 16.1 Å². The molecule has 0 bridgehead atoms. The molecule has 3 heterocycles. The molecule has 0 spiro atoms. The minimum absolute atomic E-state index is 0.0581. The van der Waals surface area contributed by atoms with Crippen molar-refractivity contribution in [3.05, 3.63) is 11.9 Å². The van der Waals surface area contributed by atoms with Crippen LogP contribution in [0.5, 0.6) is 0 Å². The molecule has 2 aliphatic heterocycles. The van der Waals surface area contributed by atoms with Crippen molar-refractivity contribution in [2.45, 2.75) is 56.4 Å². The molecule has 14 nitrogen and oxygen atoms in total. The van der Waals surface area contributed by atoms with E-state index >= 15 is 0 Å². The van der Waals surface area contributed by atoms with Gasteiger partial charge in [0.1, 0.15) is 36.2 Å². The Morgan fingerprint density at radius 3 is 2.67 bits per heavy atom. The number of hydrogen-bond acceptors (Lipinski definition) is 13. The molecule has 2 aliphatic rings. The van der Waals surface area contributed by atoms with Gasteiger partial charge in [0.15, 0.2) is 22.4 Å². The van der Waals surface area contributed by atoms with Gasteiger partial charge in [-0.15, -0.1) is 5.10 Å². The highest BCUT2D eigenvalue weighted by Gasteiger charge is 2.46. The van der Waals surface area contributed by atoms with E-state index in [1.807, 2.05) is 6.20 Å². The van der Waals surface area contributed by atoms with Crippen LogP contribution in [0.2, 0.25) is 0 Å². The van der Waals surface area contributed by atoms with Crippen LogP contribution in [0, 0.1) is 0 Å². The maximum Gasteiger partial charge on any atom is 0.187 e. The van der Waals surface area contributed by atoms with Gasteiger partial charge in [-0.25, -0.2) is 8.42 Å². The van der Waals surface area contributed by atoms with Gasteiger partial charge in [0.25, 0.3) is 0 Å². The SMILES string of the molecule is COC1OC(C=O)C(OC)C(O)C1OCCS(=O)(=O)CCNCCCn1cc(COC2COC2)nn1. The molecule has 0 saturated carbocycles. The summed E-state index contributed by atoms with van der Waals surface area (Å²) in [4.78, 5) is 11.2. The number of aldehydes is 1. The van der Waals surface area contributed by atoms with Crippen LogP contribution < -0.4 is 5.32 Å².